The number of ether oxygens (including phenoxy) is 3. The maximum absolute atomic E-state index is 12.6. The van der Waals surface area contributed by atoms with Crippen molar-refractivity contribution in [2.24, 2.45) is 0 Å². The number of hydrogen-bond donors (Lipinski definition) is 0. The number of carbonyl (C=O) groups is 1. The third-order valence-electron chi connectivity index (χ3n) is 3.03. The van der Waals surface area contributed by atoms with Gasteiger partial charge >= 0.3 is 0 Å². The zero-order valence-corrected chi connectivity index (χ0v) is 13.7. The first kappa shape index (κ1) is 15.7. The summed E-state index contributed by atoms with van der Waals surface area (Å²) in [6, 6.07) is 5.10. The molecule has 0 saturated heterocycles. The molecule has 0 N–H and O–H groups in total. The minimum Gasteiger partial charge on any atom is -0.493 e. The van der Waals surface area contributed by atoms with E-state index in [0.29, 0.717) is 32.0 Å². The summed E-state index contributed by atoms with van der Waals surface area (Å²) in [5.74, 6) is 1.09. The van der Waals surface area contributed by atoms with Crippen molar-refractivity contribution in [1.82, 2.24) is 0 Å². The number of aryl methyl sites for hydroxylation is 1. The van der Waals surface area contributed by atoms with E-state index >= 15 is 0 Å². The van der Waals surface area contributed by atoms with Crippen LogP contribution in [0.25, 0.3) is 0 Å². The van der Waals surface area contributed by atoms with Crippen LogP contribution in [0.5, 0.6) is 17.2 Å². The van der Waals surface area contributed by atoms with Gasteiger partial charge < -0.3 is 14.2 Å². The molecule has 0 bridgehead atoms. The first-order valence-corrected chi connectivity index (χ1v) is 7.32. The summed E-state index contributed by atoms with van der Waals surface area (Å²) in [6.45, 7) is 1.86. The quantitative estimate of drug-likeness (QED) is 0.780. The summed E-state index contributed by atoms with van der Waals surface area (Å²) in [4.78, 5) is 13.2. The van der Waals surface area contributed by atoms with Crippen LogP contribution in [0.1, 0.15) is 20.8 Å². The van der Waals surface area contributed by atoms with Crippen LogP contribution in [0.4, 0.5) is 0 Å². The summed E-state index contributed by atoms with van der Waals surface area (Å²) < 4.78 is 16.4. The first-order chi connectivity index (χ1) is 10.0. The molecule has 0 aliphatic heterocycles. The molecule has 112 valence electrons. The summed E-state index contributed by atoms with van der Waals surface area (Å²) in [6.07, 6.45) is 0. The van der Waals surface area contributed by atoms with Gasteiger partial charge in [-0.25, -0.2) is 0 Å². The van der Waals surface area contributed by atoms with Crippen LogP contribution in [0.3, 0.4) is 0 Å². The molecule has 4 nitrogen and oxygen atoms in total. The van der Waals surface area contributed by atoms with E-state index in [2.05, 4.69) is 0 Å². The zero-order chi connectivity index (χ0) is 15.6. The predicted molar refractivity (Wildman–Crippen MR) is 83.6 cm³/mol. The Bertz CT molecular complexity index is 659. The smallest absolute Gasteiger partial charge is 0.206 e. The Kier molecular flexibility index (Phi) is 4.75. The van der Waals surface area contributed by atoms with Crippen molar-refractivity contribution in [3.63, 3.8) is 0 Å². The Morgan fingerprint density at radius 3 is 2.24 bits per heavy atom. The van der Waals surface area contributed by atoms with Gasteiger partial charge in [-0.05, 0) is 30.7 Å². The van der Waals surface area contributed by atoms with Crippen LogP contribution in [0, 0.1) is 6.92 Å². The van der Waals surface area contributed by atoms with Gasteiger partial charge in [-0.3, -0.25) is 4.79 Å². The highest BCUT2D eigenvalue weighted by molar-refractivity contribution is 7.18. The lowest BCUT2D eigenvalue weighted by Gasteiger charge is -2.14. The molecule has 0 aliphatic carbocycles. The highest BCUT2D eigenvalue weighted by Crippen LogP contribution is 2.41. The molecule has 1 heterocycles. The van der Waals surface area contributed by atoms with Gasteiger partial charge in [0.25, 0.3) is 0 Å². The molecule has 6 heteroatoms. The number of benzene rings is 1. The van der Waals surface area contributed by atoms with Crippen molar-refractivity contribution in [3.05, 3.63) is 38.5 Å². The van der Waals surface area contributed by atoms with Gasteiger partial charge in [0.15, 0.2) is 11.5 Å². The van der Waals surface area contributed by atoms with E-state index in [1.807, 2.05) is 6.92 Å². The van der Waals surface area contributed by atoms with Gasteiger partial charge in [0, 0.05) is 0 Å². The Balaban J connectivity index is 2.55. The molecule has 0 unspecified atom stereocenters. The molecule has 0 spiro atoms. The molecule has 2 rings (SSSR count). The van der Waals surface area contributed by atoms with E-state index in [9.17, 15) is 4.79 Å². The number of thiophene rings is 1. The third-order valence-corrected chi connectivity index (χ3v) is 4.58. The number of rotatable bonds is 5. The standard InChI is InChI=1S/C15H15ClO4S/c1-8-7-11(21-15(8)16)12(17)9-5-6-10(18-2)14(20-4)13(9)19-3/h5-7H,1-4H3. The van der Waals surface area contributed by atoms with E-state index in [0.717, 1.165) is 5.56 Å². The van der Waals surface area contributed by atoms with Crippen molar-refractivity contribution in [2.75, 3.05) is 21.3 Å². The van der Waals surface area contributed by atoms with Crippen LogP contribution in [-0.2, 0) is 0 Å². The zero-order valence-electron chi connectivity index (χ0n) is 12.2. The van der Waals surface area contributed by atoms with Gasteiger partial charge in [-0.2, -0.15) is 0 Å². The topological polar surface area (TPSA) is 44.8 Å². The van der Waals surface area contributed by atoms with E-state index < -0.39 is 0 Å². The molecule has 0 saturated carbocycles. The maximum Gasteiger partial charge on any atom is 0.206 e. The van der Waals surface area contributed by atoms with Gasteiger partial charge in [0.05, 0.1) is 36.1 Å². The van der Waals surface area contributed by atoms with Crippen molar-refractivity contribution in [1.29, 1.82) is 0 Å². The monoisotopic (exact) mass is 326 g/mol. The minimum absolute atomic E-state index is 0.159. The van der Waals surface area contributed by atoms with Crippen LogP contribution < -0.4 is 14.2 Å². The number of methoxy groups -OCH3 is 3. The third kappa shape index (κ3) is 2.84. The molecular weight excluding hydrogens is 312 g/mol. The van der Waals surface area contributed by atoms with Crippen molar-refractivity contribution < 1.29 is 19.0 Å². The normalized spacial score (nSPS) is 10.3. The average Bonchev–Trinajstić information content (AvgIpc) is 2.84. The molecular formula is C15H15ClO4S. The number of ketones is 1. The molecule has 0 atom stereocenters. The van der Waals surface area contributed by atoms with Crippen molar-refractivity contribution >= 4 is 28.7 Å². The fourth-order valence-electron chi connectivity index (χ4n) is 1.98. The lowest BCUT2D eigenvalue weighted by molar-refractivity contribution is 0.103. The van der Waals surface area contributed by atoms with Gasteiger partial charge in [-0.1, -0.05) is 11.6 Å². The van der Waals surface area contributed by atoms with E-state index in [1.165, 1.54) is 32.7 Å². The molecule has 0 radical (unpaired) electrons. The van der Waals surface area contributed by atoms with Crippen LogP contribution in [0.2, 0.25) is 4.34 Å². The Morgan fingerprint density at radius 1 is 1.10 bits per heavy atom. The molecule has 2 aromatic rings. The van der Waals surface area contributed by atoms with Crippen molar-refractivity contribution in [3.8, 4) is 17.2 Å². The molecule has 21 heavy (non-hydrogen) atoms. The summed E-state index contributed by atoms with van der Waals surface area (Å²) in [5.41, 5.74) is 1.29. The largest absolute Gasteiger partial charge is 0.493 e. The van der Waals surface area contributed by atoms with E-state index in [1.54, 1.807) is 18.2 Å². The second-order valence-electron chi connectivity index (χ2n) is 4.28. The first-order valence-electron chi connectivity index (χ1n) is 6.13. The summed E-state index contributed by atoms with van der Waals surface area (Å²) in [7, 11) is 4.52. The average molecular weight is 327 g/mol. The van der Waals surface area contributed by atoms with Gasteiger partial charge in [0.2, 0.25) is 11.5 Å². The van der Waals surface area contributed by atoms with E-state index in [-0.39, 0.29) is 5.78 Å². The van der Waals surface area contributed by atoms with Gasteiger partial charge in [0.1, 0.15) is 0 Å². The number of carbonyl (C=O) groups excluding carboxylic acids is 1. The van der Waals surface area contributed by atoms with Crippen LogP contribution in [0.15, 0.2) is 18.2 Å². The van der Waals surface area contributed by atoms with Crippen molar-refractivity contribution in [2.45, 2.75) is 6.92 Å². The fraction of sp³-hybridized carbons (Fsp3) is 0.267. The summed E-state index contributed by atoms with van der Waals surface area (Å²) >= 11 is 7.28. The van der Waals surface area contributed by atoms with Crippen LogP contribution >= 0.6 is 22.9 Å². The number of halogens is 1. The Hall–Kier alpha value is -1.72. The molecule has 0 amide bonds. The van der Waals surface area contributed by atoms with Crippen LogP contribution in [-0.4, -0.2) is 27.1 Å². The second-order valence-corrected chi connectivity index (χ2v) is 5.93. The lowest BCUT2D eigenvalue weighted by atomic mass is 10.1. The Morgan fingerprint density at radius 2 is 1.76 bits per heavy atom. The number of hydrogen-bond acceptors (Lipinski definition) is 5. The fourth-order valence-corrected chi connectivity index (χ4v) is 3.14. The lowest BCUT2D eigenvalue weighted by Crippen LogP contribution is -2.05. The predicted octanol–water partition coefficient (Wildman–Crippen LogP) is 3.97. The second kappa shape index (κ2) is 6.37. The SMILES string of the molecule is COc1ccc(C(=O)c2cc(C)c(Cl)s2)c(OC)c1OC. The molecule has 0 aliphatic rings. The van der Waals surface area contributed by atoms with E-state index in [4.69, 9.17) is 25.8 Å². The molecule has 1 aromatic heterocycles. The van der Waals surface area contributed by atoms with Gasteiger partial charge in [-0.15, -0.1) is 11.3 Å². The molecule has 1 aromatic carbocycles. The maximum atomic E-state index is 12.6. The highest BCUT2D eigenvalue weighted by atomic mass is 35.5. The highest BCUT2D eigenvalue weighted by Gasteiger charge is 2.23. The Labute approximate surface area is 132 Å². The summed E-state index contributed by atoms with van der Waals surface area (Å²) in [5, 5.41) is 0. The molecule has 0 fully saturated rings. The minimum atomic E-state index is -0.159.